The van der Waals surface area contributed by atoms with Crippen LogP contribution in [0.15, 0.2) is 36.4 Å². The smallest absolute Gasteiger partial charge is 0.151 e. The molecule has 1 fully saturated rings. The Hall–Kier alpha value is -2.34. The van der Waals surface area contributed by atoms with E-state index in [0.717, 1.165) is 64.0 Å². The predicted octanol–water partition coefficient (Wildman–Crippen LogP) is 3.56. The van der Waals surface area contributed by atoms with Gasteiger partial charge in [0.25, 0.3) is 0 Å². The number of hydrogen-bond donors (Lipinski definition) is 0. The maximum Gasteiger partial charge on any atom is 0.151 e. The molecule has 0 saturated carbocycles. The van der Waals surface area contributed by atoms with Crippen LogP contribution in [0.4, 0.5) is 5.82 Å². The first kappa shape index (κ1) is 16.1. The highest BCUT2D eigenvalue weighted by molar-refractivity contribution is 7.99. The summed E-state index contributed by atoms with van der Waals surface area (Å²) in [7, 11) is 1.67. The summed E-state index contributed by atoms with van der Waals surface area (Å²) in [5.41, 5.74) is 3.70. The van der Waals surface area contributed by atoms with Crippen LogP contribution in [0.25, 0.3) is 22.2 Å². The first-order valence-corrected chi connectivity index (χ1v) is 9.53. The van der Waals surface area contributed by atoms with Gasteiger partial charge in [0.15, 0.2) is 5.82 Å². The lowest BCUT2D eigenvalue weighted by molar-refractivity contribution is 0.419. The molecule has 0 unspecified atom stereocenters. The van der Waals surface area contributed by atoms with Crippen molar-refractivity contribution in [2.24, 2.45) is 0 Å². The molecule has 0 radical (unpaired) electrons. The fourth-order valence-electron chi connectivity index (χ4n) is 3.11. The number of nitrogens with zero attached hydrogens (tertiary/aromatic N) is 4. The summed E-state index contributed by atoms with van der Waals surface area (Å²) < 4.78 is 5.46. The van der Waals surface area contributed by atoms with Crippen LogP contribution in [0.3, 0.4) is 0 Å². The van der Waals surface area contributed by atoms with Crippen LogP contribution in [-0.2, 0) is 0 Å². The average Bonchev–Trinajstić information content (AvgIpc) is 2.68. The Balaban J connectivity index is 1.74. The number of fused-ring (bicyclic) bond motifs is 1. The summed E-state index contributed by atoms with van der Waals surface area (Å²) in [5, 5.41) is 9.97. The summed E-state index contributed by atoms with van der Waals surface area (Å²) in [4.78, 5) is 6.94. The van der Waals surface area contributed by atoms with E-state index >= 15 is 0 Å². The van der Waals surface area contributed by atoms with Gasteiger partial charge in [0.1, 0.15) is 11.3 Å². The molecule has 1 aromatic carbocycles. The van der Waals surface area contributed by atoms with E-state index < -0.39 is 0 Å². The highest BCUT2D eigenvalue weighted by Crippen LogP contribution is 2.33. The number of pyridine rings is 1. The minimum Gasteiger partial charge on any atom is -0.494 e. The number of aryl methyl sites for hydroxylation is 1. The van der Waals surface area contributed by atoms with Crippen LogP contribution in [0.1, 0.15) is 5.69 Å². The Morgan fingerprint density at radius 3 is 2.56 bits per heavy atom. The zero-order valence-corrected chi connectivity index (χ0v) is 15.2. The summed E-state index contributed by atoms with van der Waals surface area (Å²) in [6, 6.07) is 12.2. The van der Waals surface area contributed by atoms with Gasteiger partial charge in [0.2, 0.25) is 0 Å². The molecule has 6 heteroatoms. The summed E-state index contributed by atoms with van der Waals surface area (Å²) in [6.07, 6.45) is 0. The lowest BCUT2D eigenvalue weighted by Crippen LogP contribution is -2.33. The third-order valence-corrected chi connectivity index (χ3v) is 5.38. The minimum atomic E-state index is 0.776. The number of hydrogen-bond acceptors (Lipinski definition) is 6. The van der Waals surface area contributed by atoms with Gasteiger partial charge in [0, 0.05) is 41.2 Å². The van der Waals surface area contributed by atoms with Crippen molar-refractivity contribution in [1.29, 1.82) is 0 Å². The highest BCUT2D eigenvalue weighted by atomic mass is 32.2. The largest absolute Gasteiger partial charge is 0.494 e. The molecule has 3 heterocycles. The third kappa shape index (κ3) is 3.14. The molecule has 4 rings (SSSR count). The van der Waals surface area contributed by atoms with Crippen molar-refractivity contribution >= 4 is 28.5 Å². The molecule has 0 atom stereocenters. The standard InChI is InChI=1S/C19H20N4OS/c1-13-3-4-15-14(5-7-17(24-2)19(15)20-13)16-6-8-18(22-21-16)23-9-11-25-12-10-23/h3-8H,9-12H2,1-2H3. The number of aromatic nitrogens is 3. The van der Waals surface area contributed by atoms with E-state index in [0.29, 0.717) is 0 Å². The Labute approximate surface area is 151 Å². The molecule has 1 aliphatic rings. The Morgan fingerprint density at radius 1 is 1.00 bits per heavy atom. The Morgan fingerprint density at radius 2 is 1.84 bits per heavy atom. The van der Waals surface area contributed by atoms with E-state index in [9.17, 15) is 0 Å². The molecule has 1 aliphatic heterocycles. The fraction of sp³-hybridized carbons (Fsp3) is 0.316. The number of ether oxygens (including phenoxy) is 1. The average molecular weight is 352 g/mol. The van der Waals surface area contributed by atoms with E-state index in [-0.39, 0.29) is 0 Å². The van der Waals surface area contributed by atoms with E-state index in [2.05, 4.69) is 32.2 Å². The van der Waals surface area contributed by atoms with Gasteiger partial charge in [-0.2, -0.15) is 11.8 Å². The highest BCUT2D eigenvalue weighted by Gasteiger charge is 2.15. The molecule has 0 spiro atoms. The second-order valence-corrected chi connectivity index (χ2v) is 7.27. The molecule has 1 saturated heterocycles. The van der Waals surface area contributed by atoms with Crippen molar-refractivity contribution in [2.45, 2.75) is 6.92 Å². The van der Waals surface area contributed by atoms with Crippen molar-refractivity contribution in [3.8, 4) is 17.0 Å². The van der Waals surface area contributed by atoms with Gasteiger partial charge in [-0.05, 0) is 37.3 Å². The van der Waals surface area contributed by atoms with Crippen molar-refractivity contribution < 1.29 is 4.74 Å². The quantitative estimate of drug-likeness (QED) is 0.718. The second kappa shape index (κ2) is 6.88. The molecule has 2 aromatic heterocycles. The first-order chi connectivity index (χ1) is 12.3. The maximum atomic E-state index is 5.46. The summed E-state index contributed by atoms with van der Waals surface area (Å²) >= 11 is 1.99. The molecule has 3 aromatic rings. The molecule has 0 N–H and O–H groups in total. The van der Waals surface area contributed by atoms with Gasteiger partial charge in [-0.25, -0.2) is 4.98 Å². The van der Waals surface area contributed by atoms with Gasteiger partial charge < -0.3 is 9.64 Å². The maximum absolute atomic E-state index is 5.46. The Kier molecular flexibility index (Phi) is 4.44. The lowest BCUT2D eigenvalue weighted by Gasteiger charge is -2.26. The van der Waals surface area contributed by atoms with Crippen LogP contribution < -0.4 is 9.64 Å². The molecule has 0 aliphatic carbocycles. The van der Waals surface area contributed by atoms with Crippen molar-refractivity contribution in [3.05, 3.63) is 42.1 Å². The molecule has 5 nitrogen and oxygen atoms in total. The second-order valence-electron chi connectivity index (χ2n) is 6.04. The lowest BCUT2D eigenvalue weighted by atomic mass is 10.0. The van der Waals surface area contributed by atoms with Crippen LogP contribution in [0.5, 0.6) is 5.75 Å². The minimum absolute atomic E-state index is 0.776. The monoisotopic (exact) mass is 352 g/mol. The number of rotatable bonds is 3. The normalized spacial score (nSPS) is 14.7. The Bertz CT molecular complexity index is 892. The van der Waals surface area contributed by atoms with E-state index in [1.54, 1.807) is 7.11 Å². The number of anilines is 1. The molecule has 0 amide bonds. The third-order valence-electron chi connectivity index (χ3n) is 4.44. The van der Waals surface area contributed by atoms with Crippen LogP contribution in [0.2, 0.25) is 0 Å². The van der Waals surface area contributed by atoms with Gasteiger partial charge in [-0.3, -0.25) is 0 Å². The molecule has 0 bridgehead atoms. The number of benzene rings is 1. The van der Waals surface area contributed by atoms with E-state index in [1.165, 1.54) is 0 Å². The van der Waals surface area contributed by atoms with Crippen molar-refractivity contribution in [1.82, 2.24) is 15.2 Å². The molecular weight excluding hydrogens is 332 g/mol. The van der Waals surface area contributed by atoms with Crippen LogP contribution in [0, 0.1) is 6.92 Å². The molecular formula is C19H20N4OS. The van der Waals surface area contributed by atoms with Crippen molar-refractivity contribution in [3.63, 3.8) is 0 Å². The zero-order valence-electron chi connectivity index (χ0n) is 14.4. The SMILES string of the molecule is COc1ccc(-c2ccc(N3CCSCC3)nn2)c2ccc(C)nc12. The van der Waals surface area contributed by atoms with E-state index in [1.807, 2.05) is 43.0 Å². The van der Waals surface area contributed by atoms with Crippen LogP contribution >= 0.6 is 11.8 Å². The number of thioether (sulfide) groups is 1. The van der Waals surface area contributed by atoms with E-state index in [4.69, 9.17) is 4.74 Å². The zero-order chi connectivity index (χ0) is 17.2. The molecule has 25 heavy (non-hydrogen) atoms. The summed E-state index contributed by atoms with van der Waals surface area (Å²) in [5.74, 6) is 4.03. The fourth-order valence-corrected chi connectivity index (χ4v) is 4.01. The van der Waals surface area contributed by atoms with Gasteiger partial charge >= 0.3 is 0 Å². The molecule has 128 valence electrons. The summed E-state index contributed by atoms with van der Waals surface area (Å²) in [6.45, 7) is 4.05. The van der Waals surface area contributed by atoms with Crippen molar-refractivity contribution in [2.75, 3.05) is 36.6 Å². The van der Waals surface area contributed by atoms with Gasteiger partial charge in [-0.1, -0.05) is 6.07 Å². The topological polar surface area (TPSA) is 51.1 Å². The van der Waals surface area contributed by atoms with Crippen LogP contribution in [-0.4, -0.2) is 46.9 Å². The predicted molar refractivity (Wildman–Crippen MR) is 104 cm³/mol. The van der Waals surface area contributed by atoms with Gasteiger partial charge in [0.05, 0.1) is 12.8 Å². The number of methoxy groups -OCH3 is 1. The van der Waals surface area contributed by atoms with Gasteiger partial charge in [-0.15, -0.1) is 10.2 Å². The first-order valence-electron chi connectivity index (χ1n) is 8.37.